The van der Waals surface area contributed by atoms with Gasteiger partial charge in [-0.1, -0.05) is 29.8 Å². The number of primary amides is 1. The topological polar surface area (TPSA) is 116 Å². The molecule has 0 fully saturated rings. The van der Waals surface area contributed by atoms with Gasteiger partial charge in [-0.3, -0.25) is 14.4 Å². The van der Waals surface area contributed by atoms with E-state index < -0.39 is 23.9 Å². The van der Waals surface area contributed by atoms with Gasteiger partial charge in [-0.15, -0.1) is 0 Å². The molecule has 0 heterocycles. The molecule has 0 saturated carbocycles. The molecule has 0 bridgehead atoms. The molecular weight excluding hydrogens is 432 g/mol. The van der Waals surface area contributed by atoms with Gasteiger partial charge in [-0.05, 0) is 61.5 Å². The fraction of sp³-hybridized carbons (Fsp3) is 0.0833. The number of carbonyl (C=O) groups excluding carboxylic acids is 4. The van der Waals surface area contributed by atoms with E-state index >= 15 is 0 Å². The quantitative estimate of drug-likeness (QED) is 0.419. The fourth-order valence-electron chi connectivity index (χ4n) is 2.86. The largest absolute Gasteiger partial charge is 0.449 e. The Morgan fingerprint density at radius 1 is 0.844 bits per heavy atom. The van der Waals surface area contributed by atoms with E-state index in [0.717, 1.165) is 0 Å². The summed E-state index contributed by atoms with van der Waals surface area (Å²) in [6, 6.07) is 18.4. The Kier molecular flexibility index (Phi) is 7.02. The van der Waals surface area contributed by atoms with Crippen LogP contribution in [0.1, 0.15) is 43.6 Å². The molecule has 32 heavy (non-hydrogen) atoms. The molecule has 3 N–H and O–H groups in total. The van der Waals surface area contributed by atoms with Crippen LogP contribution in [0.3, 0.4) is 0 Å². The van der Waals surface area contributed by atoms with E-state index in [1.807, 2.05) is 0 Å². The van der Waals surface area contributed by atoms with Crippen molar-refractivity contribution in [3.63, 3.8) is 0 Å². The third-order valence-electron chi connectivity index (χ3n) is 4.59. The van der Waals surface area contributed by atoms with Gasteiger partial charge in [0.15, 0.2) is 11.9 Å². The second-order valence-electron chi connectivity index (χ2n) is 6.86. The summed E-state index contributed by atoms with van der Waals surface area (Å²) >= 11 is 5.87. The van der Waals surface area contributed by atoms with E-state index in [4.69, 9.17) is 22.1 Å². The highest BCUT2D eigenvalue weighted by Crippen LogP contribution is 2.19. The van der Waals surface area contributed by atoms with Crippen molar-refractivity contribution < 1.29 is 23.9 Å². The number of hydrogen-bond donors (Lipinski definition) is 2. The lowest BCUT2D eigenvalue weighted by Gasteiger charge is -2.15. The standard InChI is InChI=1S/C24H19ClN2O5/c1-14(23(30)27-18-12-8-16(9-13-18)22(26)29)32-24(31)20-5-3-2-4-19(20)21(28)15-6-10-17(25)11-7-15/h2-14H,1H3,(H2,26,29)(H,27,30). The van der Waals surface area contributed by atoms with Crippen LogP contribution in [0.4, 0.5) is 5.69 Å². The molecule has 0 spiro atoms. The van der Waals surface area contributed by atoms with Crippen LogP contribution in [0.15, 0.2) is 72.8 Å². The first kappa shape index (κ1) is 22.7. The normalized spacial score (nSPS) is 11.3. The second-order valence-corrected chi connectivity index (χ2v) is 7.30. The van der Waals surface area contributed by atoms with Crippen LogP contribution in [-0.4, -0.2) is 29.7 Å². The number of ketones is 1. The van der Waals surface area contributed by atoms with Crippen molar-refractivity contribution in [1.82, 2.24) is 0 Å². The van der Waals surface area contributed by atoms with Crippen LogP contribution in [0.25, 0.3) is 0 Å². The smallest absolute Gasteiger partial charge is 0.339 e. The third kappa shape index (κ3) is 5.39. The van der Waals surface area contributed by atoms with E-state index in [1.165, 1.54) is 43.3 Å². The summed E-state index contributed by atoms with van der Waals surface area (Å²) in [5.41, 5.74) is 6.43. The molecule has 0 aliphatic heterocycles. The van der Waals surface area contributed by atoms with Gasteiger partial charge in [0.05, 0.1) is 5.56 Å². The molecule has 0 radical (unpaired) electrons. The number of nitrogens with one attached hydrogen (secondary N) is 1. The minimum absolute atomic E-state index is 0.0397. The van der Waals surface area contributed by atoms with Crippen LogP contribution < -0.4 is 11.1 Å². The molecule has 2 amide bonds. The number of amides is 2. The highest BCUT2D eigenvalue weighted by Gasteiger charge is 2.23. The molecule has 3 aromatic rings. The number of benzene rings is 3. The summed E-state index contributed by atoms with van der Waals surface area (Å²) in [4.78, 5) is 49.1. The lowest BCUT2D eigenvalue weighted by molar-refractivity contribution is -0.123. The van der Waals surface area contributed by atoms with Gasteiger partial charge in [0.25, 0.3) is 5.91 Å². The van der Waals surface area contributed by atoms with E-state index in [-0.39, 0.29) is 16.9 Å². The first-order chi connectivity index (χ1) is 15.3. The monoisotopic (exact) mass is 450 g/mol. The average molecular weight is 451 g/mol. The molecular formula is C24H19ClN2O5. The van der Waals surface area contributed by atoms with Gasteiger partial charge in [-0.2, -0.15) is 0 Å². The minimum atomic E-state index is -1.14. The summed E-state index contributed by atoms with van der Waals surface area (Å²) in [7, 11) is 0. The van der Waals surface area contributed by atoms with Gasteiger partial charge in [-0.25, -0.2) is 4.79 Å². The molecule has 3 aromatic carbocycles. The van der Waals surface area contributed by atoms with Gasteiger partial charge in [0, 0.05) is 27.4 Å². The summed E-state index contributed by atoms with van der Waals surface area (Å²) in [5.74, 6) is -2.35. The van der Waals surface area contributed by atoms with Crippen molar-refractivity contribution >= 4 is 40.9 Å². The second kappa shape index (κ2) is 9.89. The Hall–Kier alpha value is -3.97. The Labute approximate surface area is 189 Å². The van der Waals surface area contributed by atoms with Gasteiger partial charge < -0.3 is 15.8 Å². The molecule has 8 heteroatoms. The lowest BCUT2D eigenvalue weighted by atomic mass is 9.98. The number of halogens is 1. The van der Waals surface area contributed by atoms with Crippen molar-refractivity contribution in [3.8, 4) is 0 Å². The highest BCUT2D eigenvalue weighted by molar-refractivity contribution is 6.30. The Bertz CT molecular complexity index is 1170. The first-order valence-electron chi connectivity index (χ1n) is 9.57. The van der Waals surface area contributed by atoms with Gasteiger partial charge >= 0.3 is 5.97 Å². The molecule has 0 aliphatic rings. The van der Waals surface area contributed by atoms with Crippen molar-refractivity contribution in [3.05, 3.63) is 100 Å². The number of nitrogens with two attached hydrogens (primary N) is 1. The van der Waals surface area contributed by atoms with Crippen molar-refractivity contribution in [1.29, 1.82) is 0 Å². The summed E-state index contributed by atoms with van der Waals surface area (Å²) < 4.78 is 5.28. The number of anilines is 1. The van der Waals surface area contributed by atoms with Crippen LogP contribution in [0.5, 0.6) is 0 Å². The zero-order valence-corrected chi connectivity index (χ0v) is 17.8. The molecule has 0 saturated heterocycles. The predicted molar refractivity (Wildman–Crippen MR) is 120 cm³/mol. The first-order valence-corrected chi connectivity index (χ1v) is 9.95. The molecule has 0 aliphatic carbocycles. The number of hydrogen-bond acceptors (Lipinski definition) is 5. The summed E-state index contributed by atoms with van der Waals surface area (Å²) in [6.45, 7) is 1.41. The molecule has 0 aromatic heterocycles. The van der Waals surface area contributed by atoms with Crippen molar-refractivity contribution in [2.75, 3.05) is 5.32 Å². The zero-order chi connectivity index (χ0) is 23.3. The molecule has 1 atom stereocenters. The number of esters is 1. The van der Waals surface area contributed by atoms with Crippen LogP contribution >= 0.6 is 11.6 Å². The number of carbonyl (C=O) groups is 4. The van der Waals surface area contributed by atoms with Crippen molar-refractivity contribution in [2.45, 2.75) is 13.0 Å². The van der Waals surface area contributed by atoms with Gasteiger partial charge in [0.2, 0.25) is 5.91 Å². The maximum absolute atomic E-state index is 12.9. The van der Waals surface area contributed by atoms with Gasteiger partial charge in [0.1, 0.15) is 0 Å². The van der Waals surface area contributed by atoms with Crippen LogP contribution in [0.2, 0.25) is 5.02 Å². The predicted octanol–water partition coefficient (Wildman–Crippen LogP) is 3.85. The maximum Gasteiger partial charge on any atom is 0.339 e. The number of rotatable bonds is 7. The minimum Gasteiger partial charge on any atom is -0.449 e. The average Bonchev–Trinajstić information content (AvgIpc) is 2.79. The number of ether oxygens (including phenoxy) is 1. The van der Waals surface area contributed by atoms with E-state index in [2.05, 4.69) is 5.32 Å². The molecule has 1 unspecified atom stereocenters. The maximum atomic E-state index is 12.9. The summed E-state index contributed by atoms with van der Waals surface area (Å²) in [6.07, 6.45) is -1.14. The summed E-state index contributed by atoms with van der Waals surface area (Å²) in [5, 5.41) is 3.07. The Morgan fingerprint density at radius 2 is 1.41 bits per heavy atom. The fourth-order valence-corrected chi connectivity index (χ4v) is 2.98. The Balaban J connectivity index is 1.71. The Morgan fingerprint density at radius 3 is 2.00 bits per heavy atom. The van der Waals surface area contributed by atoms with E-state index in [9.17, 15) is 19.2 Å². The van der Waals surface area contributed by atoms with E-state index in [1.54, 1.807) is 36.4 Å². The van der Waals surface area contributed by atoms with E-state index in [0.29, 0.717) is 21.8 Å². The third-order valence-corrected chi connectivity index (χ3v) is 4.84. The van der Waals surface area contributed by atoms with Crippen molar-refractivity contribution in [2.24, 2.45) is 5.73 Å². The molecule has 162 valence electrons. The zero-order valence-electron chi connectivity index (χ0n) is 17.0. The molecule has 3 rings (SSSR count). The SMILES string of the molecule is CC(OC(=O)c1ccccc1C(=O)c1ccc(Cl)cc1)C(=O)Nc1ccc(C(N)=O)cc1. The lowest BCUT2D eigenvalue weighted by Crippen LogP contribution is -2.30. The highest BCUT2D eigenvalue weighted by atomic mass is 35.5. The molecule has 7 nitrogen and oxygen atoms in total. The van der Waals surface area contributed by atoms with Crippen LogP contribution in [0, 0.1) is 0 Å². The van der Waals surface area contributed by atoms with Crippen LogP contribution in [-0.2, 0) is 9.53 Å².